The maximum absolute atomic E-state index is 10.3. The highest BCUT2D eigenvalue weighted by Crippen LogP contribution is 2.02. The van der Waals surface area contributed by atoms with Crippen LogP contribution in [0.5, 0.6) is 0 Å². The monoisotopic (exact) mass is 160 g/mol. The van der Waals surface area contributed by atoms with Crippen molar-refractivity contribution in [3.8, 4) is 0 Å². The summed E-state index contributed by atoms with van der Waals surface area (Å²) in [5.74, 6) is -0.698. The molecule has 11 heavy (non-hydrogen) atoms. The van der Waals surface area contributed by atoms with Crippen molar-refractivity contribution < 1.29 is 14.4 Å². The number of carbonyl (C=O) groups is 1. The molecule has 0 aromatic heterocycles. The smallest absolute Gasteiger partial charge is 0.309 e. The third kappa shape index (κ3) is 3.98. The van der Waals surface area contributed by atoms with Gasteiger partial charge < -0.3 is 9.59 Å². The highest BCUT2D eigenvalue weighted by Gasteiger charge is 2.17. The summed E-state index contributed by atoms with van der Waals surface area (Å²) in [6.45, 7) is 6.92. The van der Waals surface area contributed by atoms with E-state index in [0.717, 1.165) is 24.1 Å². The van der Waals surface area contributed by atoms with Crippen molar-refractivity contribution in [1.82, 2.24) is 0 Å². The molecule has 0 rings (SSSR count). The van der Waals surface area contributed by atoms with Crippen molar-refractivity contribution in [3.63, 3.8) is 0 Å². The second kappa shape index (κ2) is 4.34. The standard InChI is InChI=1S/C8H17NO2/c1-4-9(3,5-2)7-6-8(10)11/h4-7H2,1-3H3/p+1. The summed E-state index contributed by atoms with van der Waals surface area (Å²) >= 11 is 0. The molecule has 1 N–H and O–H groups in total. The molecule has 0 aromatic carbocycles. The van der Waals surface area contributed by atoms with Crippen LogP contribution >= 0.6 is 0 Å². The van der Waals surface area contributed by atoms with Crippen LogP contribution in [0, 0.1) is 0 Å². The maximum atomic E-state index is 10.3. The Bertz CT molecular complexity index is 130. The molecule has 0 aliphatic carbocycles. The average molecular weight is 160 g/mol. The van der Waals surface area contributed by atoms with Crippen LogP contribution in [0.15, 0.2) is 0 Å². The molecule has 0 saturated heterocycles. The van der Waals surface area contributed by atoms with E-state index in [-0.39, 0.29) is 6.42 Å². The minimum atomic E-state index is -0.698. The van der Waals surface area contributed by atoms with E-state index in [1.807, 2.05) is 0 Å². The fraction of sp³-hybridized carbons (Fsp3) is 0.875. The van der Waals surface area contributed by atoms with Crippen molar-refractivity contribution in [1.29, 1.82) is 0 Å². The van der Waals surface area contributed by atoms with Gasteiger partial charge in [-0.1, -0.05) is 0 Å². The third-order valence-electron chi connectivity index (χ3n) is 2.39. The average Bonchev–Trinajstić information content (AvgIpc) is 2.00. The Morgan fingerprint density at radius 3 is 2.09 bits per heavy atom. The molecule has 0 saturated carbocycles. The Hall–Kier alpha value is -0.570. The van der Waals surface area contributed by atoms with Crippen LogP contribution in [-0.2, 0) is 4.79 Å². The van der Waals surface area contributed by atoms with Crippen molar-refractivity contribution in [3.05, 3.63) is 0 Å². The predicted molar refractivity (Wildman–Crippen MR) is 44.4 cm³/mol. The molecule has 0 amide bonds. The molecule has 0 heterocycles. The van der Waals surface area contributed by atoms with Crippen molar-refractivity contribution in [2.45, 2.75) is 20.3 Å². The molecule has 0 bridgehead atoms. The number of hydrogen-bond donors (Lipinski definition) is 1. The first-order valence-corrected chi connectivity index (χ1v) is 4.09. The Balaban J connectivity index is 3.78. The number of nitrogens with zero attached hydrogens (tertiary/aromatic N) is 1. The summed E-state index contributed by atoms with van der Waals surface area (Å²) in [6.07, 6.45) is 0.276. The zero-order valence-electron chi connectivity index (χ0n) is 7.63. The lowest BCUT2D eigenvalue weighted by atomic mass is 10.3. The Morgan fingerprint density at radius 2 is 1.82 bits per heavy atom. The van der Waals surface area contributed by atoms with Crippen molar-refractivity contribution >= 4 is 5.97 Å². The van der Waals surface area contributed by atoms with E-state index in [0.29, 0.717) is 0 Å². The number of quaternary nitrogens is 1. The van der Waals surface area contributed by atoms with E-state index in [1.165, 1.54) is 0 Å². The molecule has 0 unspecified atom stereocenters. The van der Waals surface area contributed by atoms with Gasteiger partial charge in [-0.15, -0.1) is 0 Å². The summed E-state index contributed by atoms with van der Waals surface area (Å²) in [5.41, 5.74) is 0. The summed E-state index contributed by atoms with van der Waals surface area (Å²) < 4.78 is 0.853. The lowest BCUT2D eigenvalue weighted by Crippen LogP contribution is -2.44. The van der Waals surface area contributed by atoms with Crippen LogP contribution in [0.25, 0.3) is 0 Å². The van der Waals surface area contributed by atoms with E-state index in [4.69, 9.17) is 5.11 Å². The Labute approximate surface area is 68.2 Å². The Kier molecular flexibility index (Phi) is 4.11. The second-order valence-corrected chi connectivity index (χ2v) is 3.12. The lowest BCUT2D eigenvalue weighted by Gasteiger charge is -2.31. The maximum Gasteiger partial charge on any atom is 0.309 e. The predicted octanol–water partition coefficient (Wildman–Crippen LogP) is 0.948. The highest BCUT2D eigenvalue weighted by atomic mass is 16.4. The molecular formula is C8H18NO2+. The molecule has 0 fully saturated rings. The van der Waals surface area contributed by atoms with Crippen LogP contribution < -0.4 is 0 Å². The van der Waals surface area contributed by atoms with Crippen LogP contribution in [0.3, 0.4) is 0 Å². The van der Waals surface area contributed by atoms with Gasteiger partial charge in [0.15, 0.2) is 0 Å². The van der Waals surface area contributed by atoms with E-state index in [1.54, 1.807) is 0 Å². The van der Waals surface area contributed by atoms with Crippen LogP contribution in [0.4, 0.5) is 0 Å². The van der Waals surface area contributed by atoms with Gasteiger partial charge >= 0.3 is 5.97 Å². The van der Waals surface area contributed by atoms with E-state index >= 15 is 0 Å². The molecule has 0 radical (unpaired) electrons. The van der Waals surface area contributed by atoms with Gasteiger partial charge in [0, 0.05) is 0 Å². The zero-order valence-corrected chi connectivity index (χ0v) is 7.63. The van der Waals surface area contributed by atoms with Gasteiger partial charge in [-0.3, -0.25) is 4.79 Å². The Morgan fingerprint density at radius 1 is 1.36 bits per heavy atom. The van der Waals surface area contributed by atoms with Crippen LogP contribution in [-0.4, -0.2) is 42.2 Å². The molecule has 0 aliphatic rings. The van der Waals surface area contributed by atoms with Gasteiger partial charge in [0.05, 0.1) is 33.1 Å². The third-order valence-corrected chi connectivity index (χ3v) is 2.39. The molecule has 0 aromatic rings. The topological polar surface area (TPSA) is 37.3 Å². The van der Waals surface area contributed by atoms with Gasteiger partial charge in [0.1, 0.15) is 0 Å². The molecule has 66 valence electrons. The molecule has 3 heteroatoms. The number of rotatable bonds is 5. The van der Waals surface area contributed by atoms with Gasteiger partial charge in [-0.05, 0) is 13.8 Å². The second-order valence-electron chi connectivity index (χ2n) is 3.12. The largest absolute Gasteiger partial charge is 0.481 e. The SMILES string of the molecule is CC[N+](C)(CC)CCC(=O)O. The van der Waals surface area contributed by atoms with Gasteiger partial charge in [0.25, 0.3) is 0 Å². The number of hydrogen-bond acceptors (Lipinski definition) is 1. The minimum Gasteiger partial charge on any atom is -0.481 e. The van der Waals surface area contributed by atoms with E-state index in [9.17, 15) is 4.79 Å². The lowest BCUT2D eigenvalue weighted by molar-refractivity contribution is -0.905. The first-order valence-electron chi connectivity index (χ1n) is 4.09. The quantitative estimate of drug-likeness (QED) is 0.608. The fourth-order valence-corrected chi connectivity index (χ4v) is 0.905. The van der Waals surface area contributed by atoms with E-state index in [2.05, 4.69) is 20.9 Å². The van der Waals surface area contributed by atoms with Crippen molar-refractivity contribution in [2.75, 3.05) is 26.7 Å². The van der Waals surface area contributed by atoms with Crippen LogP contribution in [0.1, 0.15) is 20.3 Å². The summed E-state index contributed by atoms with van der Waals surface area (Å²) in [5, 5.41) is 8.46. The fourth-order valence-electron chi connectivity index (χ4n) is 0.905. The number of aliphatic carboxylic acids is 1. The zero-order chi connectivity index (χ0) is 8.91. The first-order chi connectivity index (χ1) is 5.04. The van der Waals surface area contributed by atoms with Gasteiger partial charge in [0.2, 0.25) is 0 Å². The van der Waals surface area contributed by atoms with E-state index < -0.39 is 5.97 Å². The molecular weight excluding hydrogens is 142 g/mol. The highest BCUT2D eigenvalue weighted by molar-refractivity contribution is 5.66. The number of carboxylic acid groups (broad SMARTS) is 1. The summed E-state index contributed by atoms with van der Waals surface area (Å²) in [6, 6.07) is 0. The number of carboxylic acids is 1. The van der Waals surface area contributed by atoms with Gasteiger partial charge in [-0.2, -0.15) is 0 Å². The first kappa shape index (κ1) is 10.4. The summed E-state index contributed by atoms with van der Waals surface area (Å²) in [7, 11) is 2.09. The molecule has 0 spiro atoms. The van der Waals surface area contributed by atoms with Crippen LogP contribution in [0.2, 0.25) is 0 Å². The van der Waals surface area contributed by atoms with Crippen molar-refractivity contribution in [2.24, 2.45) is 0 Å². The molecule has 3 nitrogen and oxygen atoms in total. The van der Waals surface area contributed by atoms with Gasteiger partial charge in [-0.25, -0.2) is 0 Å². The summed E-state index contributed by atoms with van der Waals surface area (Å²) in [4.78, 5) is 10.3. The normalized spacial score (nSPS) is 11.5. The minimum absolute atomic E-state index is 0.276. The molecule has 0 aliphatic heterocycles. The molecule has 0 atom stereocenters.